The molecule has 0 saturated carbocycles. The lowest BCUT2D eigenvalue weighted by atomic mass is 10.4. The van der Waals surface area contributed by atoms with Crippen molar-refractivity contribution in [1.29, 1.82) is 0 Å². The van der Waals surface area contributed by atoms with Gasteiger partial charge in [0.2, 0.25) is 0 Å². The zero-order valence-electron chi connectivity index (χ0n) is 8.07. The first-order chi connectivity index (χ1) is 5.36. The van der Waals surface area contributed by atoms with Crippen LogP contribution >= 0.6 is 0 Å². The molecule has 1 unspecified atom stereocenters. The standard InChI is InChI=1S/C6H14O2.C2H4O2/c1-5(2)8-4-6(3)7;1-2(3)4/h5-7H,4H2,1-3H3;1H3,(H,3,4). The number of ether oxygens (including phenoxy) is 1. The maximum absolute atomic E-state index is 9.00. The van der Waals surface area contributed by atoms with E-state index in [1.54, 1.807) is 6.92 Å². The molecule has 0 aliphatic heterocycles. The van der Waals surface area contributed by atoms with E-state index in [1.165, 1.54) is 0 Å². The second-order valence-electron chi connectivity index (χ2n) is 2.75. The van der Waals surface area contributed by atoms with Gasteiger partial charge in [-0.25, -0.2) is 0 Å². The normalized spacial score (nSPS) is 11.8. The summed E-state index contributed by atoms with van der Waals surface area (Å²) in [5.74, 6) is -0.833. The van der Waals surface area contributed by atoms with Crippen molar-refractivity contribution in [2.75, 3.05) is 6.61 Å². The first kappa shape index (κ1) is 13.9. The number of carbonyl (C=O) groups is 1. The van der Waals surface area contributed by atoms with Gasteiger partial charge in [-0.3, -0.25) is 4.79 Å². The number of aliphatic hydroxyl groups excluding tert-OH is 1. The summed E-state index contributed by atoms with van der Waals surface area (Å²) >= 11 is 0. The first-order valence-corrected chi connectivity index (χ1v) is 3.85. The molecule has 0 amide bonds. The van der Waals surface area contributed by atoms with Crippen LogP contribution in [0.4, 0.5) is 0 Å². The van der Waals surface area contributed by atoms with Gasteiger partial charge < -0.3 is 14.9 Å². The van der Waals surface area contributed by atoms with Gasteiger partial charge in [-0.1, -0.05) is 0 Å². The van der Waals surface area contributed by atoms with Crippen LogP contribution in [0.25, 0.3) is 0 Å². The van der Waals surface area contributed by atoms with Gasteiger partial charge in [-0.15, -0.1) is 0 Å². The van der Waals surface area contributed by atoms with Gasteiger partial charge in [0.05, 0.1) is 18.8 Å². The van der Waals surface area contributed by atoms with Gasteiger partial charge in [0, 0.05) is 6.92 Å². The molecule has 0 aromatic rings. The lowest BCUT2D eigenvalue weighted by Gasteiger charge is -2.07. The summed E-state index contributed by atoms with van der Waals surface area (Å²) in [6.07, 6.45) is -0.109. The third-order valence-electron chi connectivity index (χ3n) is 0.671. The molecule has 2 N–H and O–H groups in total. The van der Waals surface area contributed by atoms with E-state index in [9.17, 15) is 0 Å². The SMILES string of the molecule is CC(=O)O.CC(O)COC(C)C. The average molecular weight is 178 g/mol. The predicted molar refractivity (Wildman–Crippen MR) is 46.1 cm³/mol. The Morgan fingerprint density at radius 1 is 1.42 bits per heavy atom. The zero-order chi connectivity index (χ0) is 10.1. The van der Waals surface area contributed by atoms with Gasteiger partial charge in [0.25, 0.3) is 5.97 Å². The molecule has 0 heterocycles. The van der Waals surface area contributed by atoms with Gasteiger partial charge >= 0.3 is 0 Å². The predicted octanol–water partition coefficient (Wildman–Crippen LogP) is 0.883. The number of aliphatic hydroxyl groups is 1. The molecule has 4 nitrogen and oxygen atoms in total. The summed E-state index contributed by atoms with van der Waals surface area (Å²) in [7, 11) is 0. The number of aliphatic carboxylic acids is 1. The van der Waals surface area contributed by atoms with Crippen LogP contribution in [0.1, 0.15) is 27.7 Å². The number of hydrogen-bond donors (Lipinski definition) is 2. The molecule has 1 atom stereocenters. The Hall–Kier alpha value is -0.610. The van der Waals surface area contributed by atoms with Gasteiger partial charge in [0.1, 0.15) is 0 Å². The van der Waals surface area contributed by atoms with Crippen LogP contribution in [0.3, 0.4) is 0 Å². The largest absolute Gasteiger partial charge is 0.481 e. The molecule has 0 aromatic carbocycles. The number of carboxylic acids is 1. The van der Waals surface area contributed by atoms with Crippen molar-refractivity contribution in [2.45, 2.75) is 39.9 Å². The third kappa shape index (κ3) is 34.3. The lowest BCUT2D eigenvalue weighted by Crippen LogP contribution is -2.14. The molecule has 0 aliphatic rings. The summed E-state index contributed by atoms with van der Waals surface area (Å²) < 4.78 is 5.05. The van der Waals surface area contributed by atoms with Crippen LogP contribution in [-0.4, -0.2) is 35.0 Å². The van der Waals surface area contributed by atoms with Crippen molar-refractivity contribution in [2.24, 2.45) is 0 Å². The molecule has 4 heteroatoms. The monoisotopic (exact) mass is 178 g/mol. The van der Waals surface area contributed by atoms with E-state index in [2.05, 4.69) is 0 Å². The summed E-state index contributed by atoms with van der Waals surface area (Å²) in [6.45, 7) is 7.13. The van der Waals surface area contributed by atoms with E-state index in [0.29, 0.717) is 6.61 Å². The lowest BCUT2D eigenvalue weighted by molar-refractivity contribution is -0.134. The van der Waals surface area contributed by atoms with Crippen molar-refractivity contribution in [3.05, 3.63) is 0 Å². The fourth-order valence-corrected chi connectivity index (χ4v) is 0.332. The molecule has 0 aliphatic carbocycles. The van der Waals surface area contributed by atoms with E-state index in [-0.39, 0.29) is 12.2 Å². The average Bonchev–Trinajstić information content (AvgIpc) is 1.82. The Labute approximate surface area is 73.2 Å². The molecule has 0 spiro atoms. The summed E-state index contributed by atoms with van der Waals surface area (Å²) in [5.41, 5.74) is 0. The Morgan fingerprint density at radius 2 is 1.75 bits per heavy atom. The molecule has 0 aromatic heterocycles. The van der Waals surface area contributed by atoms with E-state index in [1.807, 2.05) is 13.8 Å². The smallest absolute Gasteiger partial charge is 0.300 e. The van der Waals surface area contributed by atoms with E-state index in [4.69, 9.17) is 19.7 Å². The molecule has 12 heavy (non-hydrogen) atoms. The number of hydrogen-bond acceptors (Lipinski definition) is 3. The molecule has 0 rings (SSSR count). The van der Waals surface area contributed by atoms with Crippen molar-refractivity contribution in [3.8, 4) is 0 Å². The minimum absolute atomic E-state index is 0.226. The Balaban J connectivity index is 0. The van der Waals surface area contributed by atoms with Crippen molar-refractivity contribution < 1.29 is 19.7 Å². The summed E-state index contributed by atoms with van der Waals surface area (Å²) in [4.78, 5) is 9.00. The Kier molecular flexibility index (Phi) is 9.86. The third-order valence-corrected chi connectivity index (χ3v) is 0.671. The molecular formula is C8H18O4. The highest BCUT2D eigenvalue weighted by Crippen LogP contribution is 1.89. The van der Waals surface area contributed by atoms with Gasteiger partial charge in [-0.05, 0) is 20.8 Å². The fraction of sp³-hybridized carbons (Fsp3) is 0.875. The topological polar surface area (TPSA) is 66.8 Å². The first-order valence-electron chi connectivity index (χ1n) is 3.85. The van der Waals surface area contributed by atoms with Crippen LogP contribution in [0.2, 0.25) is 0 Å². The van der Waals surface area contributed by atoms with E-state index >= 15 is 0 Å². The highest BCUT2D eigenvalue weighted by molar-refractivity contribution is 5.62. The second kappa shape index (κ2) is 8.49. The Bertz CT molecular complexity index is 97.6. The van der Waals surface area contributed by atoms with Gasteiger partial charge in [0.15, 0.2) is 0 Å². The highest BCUT2D eigenvalue weighted by Gasteiger charge is 1.96. The minimum atomic E-state index is -0.833. The van der Waals surface area contributed by atoms with Gasteiger partial charge in [-0.2, -0.15) is 0 Å². The fourth-order valence-electron chi connectivity index (χ4n) is 0.332. The molecule has 0 radical (unpaired) electrons. The molecule has 0 fully saturated rings. The van der Waals surface area contributed by atoms with E-state index in [0.717, 1.165) is 6.92 Å². The summed E-state index contributed by atoms with van der Waals surface area (Å²) in [6, 6.07) is 0. The molecular weight excluding hydrogens is 160 g/mol. The van der Waals surface area contributed by atoms with Crippen LogP contribution in [-0.2, 0) is 9.53 Å². The molecule has 0 saturated heterocycles. The minimum Gasteiger partial charge on any atom is -0.481 e. The van der Waals surface area contributed by atoms with Crippen LogP contribution < -0.4 is 0 Å². The van der Waals surface area contributed by atoms with Crippen molar-refractivity contribution >= 4 is 5.97 Å². The number of rotatable bonds is 3. The van der Waals surface area contributed by atoms with Crippen molar-refractivity contribution in [1.82, 2.24) is 0 Å². The molecule has 74 valence electrons. The second-order valence-corrected chi connectivity index (χ2v) is 2.75. The van der Waals surface area contributed by atoms with E-state index < -0.39 is 5.97 Å². The quantitative estimate of drug-likeness (QED) is 0.673. The maximum Gasteiger partial charge on any atom is 0.300 e. The van der Waals surface area contributed by atoms with Crippen LogP contribution in [0.15, 0.2) is 0 Å². The zero-order valence-corrected chi connectivity index (χ0v) is 8.07. The maximum atomic E-state index is 9.00. The Morgan fingerprint density at radius 3 is 1.83 bits per heavy atom. The number of carboxylic acid groups (broad SMARTS) is 1. The van der Waals surface area contributed by atoms with Crippen LogP contribution in [0.5, 0.6) is 0 Å². The highest BCUT2D eigenvalue weighted by atomic mass is 16.5. The molecule has 0 bridgehead atoms. The van der Waals surface area contributed by atoms with Crippen LogP contribution in [0, 0.1) is 0 Å². The van der Waals surface area contributed by atoms with Crippen molar-refractivity contribution in [3.63, 3.8) is 0 Å². The summed E-state index contributed by atoms with van der Waals surface area (Å²) in [5, 5.41) is 16.1.